The smallest absolute Gasteiger partial charge is 0.279 e. The molecule has 1 fully saturated rings. The highest BCUT2D eigenvalue weighted by Crippen LogP contribution is 2.17. The third-order valence-electron chi connectivity index (χ3n) is 3.43. The van der Waals surface area contributed by atoms with E-state index in [4.69, 9.17) is 15.2 Å². The Hall–Kier alpha value is -0.250. The number of nitrogens with one attached hydrogen (secondary N) is 1. The van der Waals surface area contributed by atoms with Gasteiger partial charge in [0.25, 0.3) is 10.2 Å². The highest BCUT2D eigenvalue weighted by molar-refractivity contribution is 7.87. The summed E-state index contributed by atoms with van der Waals surface area (Å²) in [4.78, 5) is 0. The summed E-state index contributed by atoms with van der Waals surface area (Å²) in [6.45, 7) is 2.25. The molecule has 7 nitrogen and oxygen atoms in total. The molecule has 1 heterocycles. The van der Waals surface area contributed by atoms with Crippen LogP contribution in [0.1, 0.15) is 12.8 Å². The number of nitrogens with two attached hydrogens (primary N) is 1. The van der Waals surface area contributed by atoms with Gasteiger partial charge in [0.05, 0.1) is 12.7 Å². The van der Waals surface area contributed by atoms with Crippen LogP contribution in [-0.4, -0.2) is 65.8 Å². The summed E-state index contributed by atoms with van der Waals surface area (Å²) in [5, 5.41) is 0. The van der Waals surface area contributed by atoms with Crippen LogP contribution < -0.4 is 10.5 Å². The van der Waals surface area contributed by atoms with Crippen molar-refractivity contribution < 1.29 is 17.9 Å². The fourth-order valence-corrected chi connectivity index (χ4v) is 3.34. The maximum Gasteiger partial charge on any atom is 0.279 e. The van der Waals surface area contributed by atoms with Crippen LogP contribution in [0, 0.1) is 5.92 Å². The van der Waals surface area contributed by atoms with Gasteiger partial charge in [-0.25, -0.2) is 0 Å². The molecule has 0 aromatic heterocycles. The number of piperidine rings is 1. The summed E-state index contributed by atoms with van der Waals surface area (Å²) in [5.41, 5.74) is 5.59. The molecule has 0 spiro atoms. The summed E-state index contributed by atoms with van der Waals surface area (Å²) in [5.74, 6) is 0.437. The second kappa shape index (κ2) is 8.13. The Labute approximate surface area is 115 Å². The zero-order chi connectivity index (χ0) is 14.3. The number of ether oxygens (including phenoxy) is 2. The van der Waals surface area contributed by atoms with E-state index < -0.39 is 10.2 Å². The minimum Gasteiger partial charge on any atom is -0.382 e. The Morgan fingerprint density at radius 1 is 1.37 bits per heavy atom. The molecule has 8 heteroatoms. The number of nitrogens with zero attached hydrogens (tertiary/aromatic N) is 1. The second-order valence-electron chi connectivity index (χ2n) is 4.74. The van der Waals surface area contributed by atoms with Gasteiger partial charge in [-0.15, -0.1) is 0 Å². The largest absolute Gasteiger partial charge is 0.382 e. The van der Waals surface area contributed by atoms with Gasteiger partial charge in [0.15, 0.2) is 0 Å². The van der Waals surface area contributed by atoms with Gasteiger partial charge in [-0.05, 0) is 25.3 Å². The van der Waals surface area contributed by atoms with Crippen molar-refractivity contribution in [2.24, 2.45) is 11.7 Å². The lowest BCUT2D eigenvalue weighted by atomic mass is 9.99. The summed E-state index contributed by atoms with van der Waals surface area (Å²) in [6.07, 6.45) is 1.37. The zero-order valence-electron chi connectivity index (χ0n) is 11.7. The normalized spacial score (nSPS) is 20.6. The zero-order valence-corrected chi connectivity index (χ0v) is 12.5. The van der Waals surface area contributed by atoms with E-state index in [9.17, 15) is 8.42 Å². The molecule has 3 N–H and O–H groups in total. The average molecular weight is 295 g/mol. The molecule has 0 aromatic rings. The van der Waals surface area contributed by atoms with Gasteiger partial charge < -0.3 is 15.2 Å². The van der Waals surface area contributed by atoms with Gasteiger partial charge in [0.2, 0.25) is 0 Å². The van der Waals surface area contributed by atoms with Gasteiger partial charge in [0, 0.05) is 33.9 Å². The van der Waals surface area contributed by atoms with Crippen LogP contribution in [0.25, 0.3) is 0 Å². The predicted molar refractivity (Wildman–Crippen MR) is 72.9 cm³/mol. The van der Waals surface area contributed by atoms with Gasteiger partial charge >= 0.3 is 0 Å². The Bertz CT molecular complexity index is 342. The van der Waals surface area contributed by atoms with E-state index in [1.807, 2.05) is 0 Å². The highest BCUT2D eigenvalue weighted by atomic mass is 32.2. The van der Waals surface area contributed by atoms with Crippen molar-refractivity contribution in [2.75, 3.05) is 47.0 Å². The lowest BCUT2D eigenvalue weighted by Crippen LogP contribution is -2.48. The second-order valence-corrected chi connectivity index (χ2v) is 6.50. The fourth-order valence-electron chi connectivity index (χ4n) is 2.07. The molecular weight excluding hydrogens is 270 g/mol. The van der Waals surface area contributed by atoms with E-state index in [0.29, 0.717) is 32.2 Å². The molecule has 1 aliphatic rings. The third kappa shape index (κ3) is 5.33. The topological polar surface area (TPSA) is 93.9 Å². The highest BCUT2D eigenvalue weighted by Gasteiger charge is 2.27. The molecule has 0 radical (unpaired) electrons. The molecule has 0 amide bonds. The van der Waals surface area contributed by atoms with E-state index in [1.165, 1.54) is 11.4 Å². The summed E-state index contributed by atoms with van der Waals surface area (Å²) >= 11 is 0. The van der Waals surface area contributed by atoms with E-state index in [1.54, 1.807) is 7.11 Å². The molecule has 1 unspecified atom stereocenters. The van der Waals surface area contributed by atoms with Crippen LogP contribution in [-0.2, 0) is 19.7 Å². The third-order valence-corrected chi connectivity index (χ3v) is 5.00. The average Bonchev–Trinajstić information content (AvgIpc) is 2.43. The van der Waals surface area contributed by atoms with Crippen molar-refractivity contribution in [3.05, 3.63) is 0 Å². The lowest BCUT2D eigenvalue weighted by Gasteiger charge is -2.30. The molecule has 1 rings (SSSR count). The van der Waals surface area contributed by atoms with Crippen LogP contribution in [0.15, 0.2) is 0 Å². The number of methoxy groups -OCH3 is 2. The van der Waals surface area contributed by atoms with E-state index in [-0.39, 0.29) is 12.6 Å². The van der Waals surface area contributed by atoms with Crippen LogP contribution in [0.3, 0.4) is 0 Å². The summed E-state index contributed by atoms with van der Waals surface area (Å²) in [6, 6.07) is 0. The lowest BCUT2D eigenvalue weighted by molar-refractivity contribution is 0.0317. The predicted octanol–water partition coefficient (Wildman–Crippen LogP) is -0.847. The van der Waals surface area contributed by atoms with Gasteiger partial charge in [-0.3, -0.25) is 0 Å². The number of rotatable bonds is 8. The molecule has 1 saturated heterocycles. The first-order valence-corrected chi connectivity index (χ1v) is 7.94. The molecule has 114 valence electrons. The molecular formula is C11H25N3O4S. The Morgan fingerprint density at radius 3 is 2.47 bits per heavy atom. The Kier molecular flexibility index (Phi) is 7.19. The van der Waals surface area contributed by atoms with Gasteiger partial charge in [-0.1, -0.05) is 0 Å². The minimum absolute atomic E-state index is 0.212. The SMILES string of the molecule is COCC(CNS(=O)(=O)N1CCC(CN)CC1)OC. The van der Waals surface area contributed by atoms with E-state index in [0.717, 1.165) is 12.8 Å². The van der Waals surface area contributed by atoms with Crippen LogP contribution in [0.4, 0.5) is 0 Å². The first-order valence-electron chi connectivity index (χ1n) is 6.50. The Balaban J connectivity index is 2.43. The molecule has 0 bridgehead atoms. The fraction of sp³-hybridized carbons (Fsp3) is 1.00. The van der Waals surface area contributed by atoms with E-state index in [2.05, 4.69) is 4.72 Å². The van der Waals surface area contributed by atoms with Gasteiger partial charge in [0.1, 0.15) is 0 Å². The summed E-state index contributed by atoms with van der Waals surface area (Å²) < 4.78 is 38.3. The van der Waals surface area contributed by atoms with Crippen molar-refractivity contribution in [3.63, 3.8) is 0 Å². The molecule has 1 atom stereocenters. The van der Waals surface area contributed by atoms with Crippen molar-refractivity contribution in [1.82, 2.24) is 9.03 Å². The van der Waals surface area contributed by atoms with Gasteiger partial charge in [-0.2, -0.15) is 17.4 Å². The molecule has 1 aliphatic heterocycles. The standard InChI is InChI=1S/C11H25N3O4S/c1-17-9-11(18-2)8-13-19(15,16)14-5-3-10(7-12)4-6-14/h10-11,13H,3-9,12H2,1-2H3. The quantitative estimate of drug-likeness (QED) is 0.608. The van der Waals surface area contributed by atoms with Crippen LogP contribution >= 0.6 is 0 Å². The molecule has 0 aliphatic carbocycles. The minimum atomic E-state index is -3.43. The Morgan fingerprint density at radius 2 is 2.00 bits per heavy atom. The van der Waals surface area contributed by atoms with Crippen molar-refractivity contribution >= 4 is 10.2 Å². The van der Waals surface area contributed by atoms with Crippen molar-refractivity contribution in [3.8, 4) is 0 Å². The monoisotopic (exact) mass is 295 g/mol. The maximum atomic E-state index is 12.1. The molecule has 0 aromatic carbocycles. The van der Waals surface area contributed by atoms with Crippen molar-refractivity contribution in [1.29, 1.82) is 0 Å². The van der Waals surface area contributed by atoms with Crippen LogP contribution in [0.5, 0.6) is 0 Å². The molecule has 19 heavy (non-hydrogen) atoms. The van der Waals surface area contributed by atoms with E-state index >= 15 is 0 Å². The van der Waals surface area contributed by atoms with Crippen molar-refractivity contribution in [2.45, 2.75) is 18.9 Å². The maximum absolute atomic E-state index is 12.1. The number of hydrogen-bond acceptors (Lipinski definition) is 5. The number of hydrogen-bond donors (Lipinski definition) is 2. The summed E-state index contributed by atoms with van der Waals surface area (Å²) in [7, 11) is -0.345. The first-order chi connectivity index (χ1) is 9.03. The molecule has 0 saturated carbocycles. The van der Waals surface area contributed by atoms with Crippen LogP contribution in [0.2, 0.25) is 0 Å². The first kappa shape index (κ1) is 16.8.